The van der Waals surface area contributed by atoms with Gasteiger partial charge in [-0.25, -0.2) is 0 Å². The molecular formula is C11H16N2O5. The summed E-state index contributed by atoms with van der Waals surface area (Å²) in [6.45, 7) is 0.480. The number of phenols is 1. The van der Waals surface area contributed by atoms with Crippen molar-refractivity contribution >= 4 is 5.69 Å². The number of aliphatic hydroxyl groups is 2. The van der Waals surface area contributed by atoms with Gasteiger partial charge in [0.15, 0.2) is 0 Å². The highest BCUT2D eigenvalue weighted by atomic mass is 16.6. The van der Waals surface area contributed by atoms with Crippen LogP contribution in [-0.2, 0) is 0 Å². The minimum atomic E-state index is -1.36. The molecule has 0 radical (unpaired) electrons. The molecule has 1 aromatic rings. The summed E-state index contributed by atoms with van der Waals surface area (Å²) in [7, 11) is 1.70. The zero-order valence-electron chi connectivity index (χ0n) is 9.91. The Balaban J connectivity index is 2.93. The van der Waals surface area contributed by atoms with E-state index >= 15 is 0 Å². The summed E-state index contributed by atoms with van der Waals surface area (Å²) in [4.78, 5) is 9.97. The van der Waals surface area contributed by atoms with Crippen LogP contribution in [0.2, 0.25) is 0 Å². The van der Waals surface area contributed by atoms with Crippen LogP contribution in [0.4, 0.5) is 5.69 Å². The molecule has 0 bridgehead atoms. The molecule has 2 unspecified atom stereocenters. The van der Waals surface area contributed by atoms with Gasteiger partial charge in [-0.15, -0.1) is 0 Å². The second-order valence-electron chi connectivity index (χ2n) is 3.90. The van der Waals surface area contributed by atoms with Crippen molar-refractivity contribution in [2.75, 3.05) is 13.6 Å². The fourth-order valence-electron chi connectivity index (χ4n) is 1.55. The number of nitrogens with zero attached hydrogens (tertiary/aromatic N) is 1. The Morgan fingerprint density at radius 3 is 2.67 bits per heavy atom. The van der Waals surface area contributed by atoms with Gasteiger partial charge in [-0.2, -0.15) is 0 Å². The molecule has 1 aromatic carbocycles. The molecule has 0 aliphatic rings. The molecule has 0 aliphatic heterocycles. The third-order valence-electron chi connectivity index (χ3n) is 2.60. The lowest BCUT2D eigenvalue weighted by Gasteiger charge is -2.18. The first-order chi connectivity index (χ1) is 8.47. The van der Waals surface area contributed by atoms with E-state index in [9.17, 15) is 25.4 Å². The summed E-state index contributed by atoms with van der Waals surface area (Å²) in [6.07, 6.45) is -2.21. The fraction of sp³-hybridized carbons (Fsp3) is 0.455. The predicted molar refractivity (Wildman–Crippen MR) is 64.3 cm³/mol. The van der Waals surface area contributed by atoms with Crippen molar-refractivity contribution in [1.82, 2.24) is 5.32 Å². The van der Waals surface area contributed by atoms with Crippen LogP contribution in [0.1, 0.15) is 18.1 Å². The van der Waals surface area contributed by atoms with E-state index in [1.807, 2.05) is 0 Å². The number of hydrogen-bond acceptors (Lipinski definition) is 6. The third-order valence-corrected chi connectivity index (χ3v) is 2.60. The summed E-state index contributed by atoms with van der Waals surface area (Å²) in [5.74, 6) is -0.281. The number of nitro benzene ring substituents is 1. The Kier molecular flexibility index (Phi) is 5.02. The summed E-state index contributed by atoms with van der Waals surface area (Å²) in [6, 6.07) is 3.32. The molecule has 2 atom stereocenters. The lowest BCUT2D eigenvalue weighted by molar-refractivity contribution is -0.385. The fourth-order valence-corrected chi connectivity index (χ4v) is 1.55. The summed E-state index contributed by atoms with van der Waals surface area (Å²) in [5, 5.41) is 42.5. The average Bonchev–Trinajstić information content (AvgIpc) is 2.35. The van der Waals surface area contributed by atoms with Crippen LogP contribution in [0.3, 0.4) is 0 Å². The molecule has 0 aliphatic carbocycles. The monoisotopic (exact) mass is 256 g/mol. The van der Waals surface area contributed by atoms with Gasteiger partial charge in [0.1, 0.15) is 11.9 Å². The second kappa shape index (κ2) is 6.29. The molecule has 0 saturated carbocycles. The first kappa shape index (κ1) is 14.4. The van der Waals surface area contributed by atoms with E-state index in [2.05, 4.69) is 5.32 Å². The molecule has 1 rings (SSSR count). The molecule has 0 fully saturated rings. The maximum absolute atomic E-state index is 10.6. The van der Waals surface area contributed by atoms with Crippen LogP contribution in [0.15, 0.2) is 18.2 Å². The first-order valence-corrected chi connectivity index (χ1v) is 5.45. The lowest BCUT2D eigenvalue weighted by atomic mass is 10.0. The number of benzene rings is 1. The SMILES string of the molecule is CNCCC(O)C(O)c1cc([N+](=O)[O-])ccc1O. The number of hydrogen-bond donors (Lipinski definition) is 4. The van der Waals surface area contributed by atoms with Gasteiger partial charge in [-0.05, 0) is 26.1 Å². The molecular weight excluding hydrogens is 240 g/mol. The highest BCUT2D eigenvalue weighted by Crippen LogP contribution is 2.30. The number of non-ortho nitro benzene ring substituents is 1. The number of aliphatic hydroxyl groups excluding tert-OH is 2. The van der Waals surface area contributed by atoms with Gasteiger partial charge in [-0.1, -0.05) is 0 Å². The minimum Gasteiger partial charge on any atom is -0.508 e. The van der Waals surface area contributed by atoms with E-state index in [0.29, 0.717) is 6.54 Å². The van der Waals surface area contributed by atoms with Crippen molar-refractivity contribution in [2.45, 2.75) is 18.6 Å². The van der Waals surface area contributed by atoms with Crippen molar-refractivity contribution in [2.24, 2.45) is 0 Å². The lowest BCUT2D eigenvalue weighted by Crippen LogP contribution is -2.23. The van der Waals surface area contributed by atoms with Crippen LogP contribution in [-0.4, -0.2) is 39.9 Å². The van der Waals surface area contributed by atoms with E-state index in [1.165, 1.54) is 0 Å². The van der Waals surface area contributed by atoms with E-state index in [-0.39, 0.29) is 23.4 Å². The van der Waals surface area contributed by atoms with Gasteiger partial charge >= 0.3 is 0 Å². The van der Waals surface area contributed by atoms with Crippen LogP contribution in [0.25, 0.3) is 0 Å². The Labute approximate surface area is 104 Å². The first-order valence-electron chi connectivity index (χ1n) is 5.45. The Morgan fingerprint density at radius 2 is 2.11 bits per heavy atom. The van der Waals surface area contributed by atoms with Crippen LogP contribution in [0, 0.1) is 10.1 Å². The Morgan fingerprint density at radius 1 is 1.44 bits per heavy atom. The maximum atomic E-state index is 10.6. The summed E-state index contributed by atoms with van der Waals surface area (Å²) < 4.78 is 0. The molecule has 0 saturated heterocycles. The molecule has 0 amide bonds. The highest BCUT2D eigenvalue weighted by molar-refractivity contribution is 5.44. The molecule has 7 heteroatoms. The quantitative estimate of drug-likeness (QED) is 0.430. The van der Waals surface area contributed by atoms with Crippen molar-refractivity contribution in [3.63, 3.8) is 0 Å². The van der Waals surface area contributed by atoms with E-state index in [4.69, 9.17) is 0 Å². The molecule has 100 valence electrons. The summed E-state index contributed by atoms with van der Waals surface area (Å²) >= 11 is 0. The molecule has 4 N–H and O–H groups in total. The topological polar surface area (TPSA) is 116 Å². The van der Waals surface area contributed by atoms with E-state index < -0.39 is 17.1 Å². The molecule has 0 heterocycles. The third kappa shape index (κ3) is 3.39. The van der Waals surface area contributed by atoms with Gasteiger partial charge < -0.3 is 20.6 Å². The predicted octanol–water partition coefficient (Wildman–Crippen LogP) is 0.304. The van der Waals surface area contributed by atoms with Gasteiger partial charge in [0, 0.05) is 17.7 Å². The van der Waals surface area contributed by atoms with E-state index in [1.54, 1.807) is 7.05 Å². The molecule has 0 spiro atoms. The van der Waals surface area contributed by atoms with Crippen molar-refractivity contribution in [3.8, 4) is 5.75 Å². The molecule has 18 heavy (non-hydrogen) atoms. The standard InChI is InChI=1S/C11H16N2O5/c1-12-5-4-10(15)11(16)8-6-7(13(17)18)2-3-9(8)14/h2-3,6,10-12,14-16H,4-5H2,1H3. The Hall–Kier alpha value is -1.70. The van der Waals surface area contributed by atoms with Crippen molar-refractivity contribution in [3.05, 3.63) is 33.9 Å². The average molecular weight is 256 g/mol. The van der Waals surface area contributed by atoms with Gasteiger partial charge in [-0.3, -0.25) is 10.1 Å². The largest absolute Gasteiger partial charge is 0.508 e. The summed E-state index contributed by atoms with van der Waals surface area (Å²) in [5.41, 5.74) is -0.296. The highest BCUT2D eigenvalue weighted by Gasteiger charge is 2.23. The number of aromatic hydroxyl groups is 1. The molecule has 7 nitrogen and oxygen atoms in total. The van der Waals surface area contributed by atoms with Gasteiger partial charge in [0.05, 0.1) is 11.0 Å². The van der Waals surface area contributed by atoms with Crippen LogP contribution < -0.4 is 5.32 Å². The van der Waals surface area contributed by atoms with Crippen LogP contribution >= 0.6 is 0 Å². The number of phenolic OH excluding ortho intramolecular Hbond substituents is 1. The van der Waals surface area contributed by atoms with E-state index in [0.717, 1.165) is 18.2 Å². The normalized spacial score (nSPS) is 14.2. The van der Waals surface area contributed by atoms with Gasteiger partial charge in [0.2, 0.25) is 0 Å². The zero-order chi connectivity index (χ0) is 13.7. The smallest absolute Gasteiger partial charge is 0.270 e. The second-order valence-corrected chi connectivity index (χ2v) is 3.90. The van der Waals surface area contributed by atoms with Gasteiger partial charge in [0.25, 0.3) is 5.69 Å². The maximum Gasteiger partial charge on any atom is 0.270 e. The molecule has 0 aromatic heterocycles. The number of rotatable bonds is 6. The zero-order valence-corrected chi connectivity index (χ0v) is 9.91. The number of nitro groups is 1. The number of nitrogens with one attached hydrogen (secondary N) is 1. The van der Waals surface area contributed by atoms with Crippen molar-refractivity contribution in [1.29, 1.82) is 0 Å². The minimum absolute atomic E-state index is 0.0483. The van der Waals surface area contributed by atoms with Crippen molar-refractivity contribution < 1.29 is 20.2 Å². The van der Waals surface area contributed by atoms with Crippen LogP contribution in [0.5, 0.6) is 5.75 Å². The Bertz CT molecular complexity index is 424.